The van der Waals surface area contributed by atoms with Crippen molar-refractivity contribution in [2.45, 2.75) is 47.0 Å². The number of rotatable bonds is 10. The maximum Gasteiger partial charge on any atom is 0.308 e. The molecule has 8 heteroatoms. The lowest BCUT2D eigenvalue weighted by atomic mass is 9.96. The molecule has 0 spiro atoms. The van der Waals surface area contributed by atoms with E-state index in [0.717, 1.165) is 22.4 Å². The number of benzene rings is 3. The van der Waals surface area contributed by atoms with Gasteiger partial charge in [0.05, 0.1) is 30.8 Å². The quantitative estimate of drug-likeness (QED) is 0.0972. The number of carbonyl (C=O) groups is 1. The van der Waals surface area contributed by atoms with Crippen LogP contribution in [0.2, 0.25) is 0 Å². The van der Waals surface area contributed by atoms with Crippen LogP contribution in [0.25, 0.3) is 22.3 Å². The Bertz CT molecular complexity index is 1700. The van der Waals surface area contributed by atoms with E-state index >= 15 is 0 Å². The van der Waals surface area contributed by atoms with Crippen molar-refractivity contribution >= 4 is 23.1 Å². The first kappa shape index (κ1) is 29.3. The zero-order chi connectivity index (χ0) is 29.7. The van der Waals surface area contributed by atoms with Gasteiger partial charge >= 0.3 is 5.97 Å². The predicted molar refractivity (Wildman–Crippen MR) is 163 cm³/mol. The van der Waals surface area contributed by atoms with Crippen LogP contribution < -0.4 is 19.8 Å². The average Bonchev–Trinajstić information content (AvgIpc) is 2.94. The number of fused-ring (bicyclic) bond motifs is 1. The van der Waals surface area contributed by atoms with Crippen molar-refractivity contribution in [1.29, 1.82) is 0 Å². The second-order valence-corrected chi connectivity index (χ2v) is 9.90. The lowest BCUT2D eigenvalue weighted by Crippen LogP contribution is -2.21. The van der Waals surface area contributed by atoms with E-state index in [1.54, 1.807) is 37.6 Å². The Hall–Kier alpha value is -4.72. The van der Waals surface area contributed by atoms with Gasteiger partial charge in [0.25, 0.3) is 5.56 Å². The highest BCUT2D eigenvalue weighted by Crippen LogP contribution is 2.35. The molecule has 0 atom stereocenters. The van der Waals surface area contributed by atoms with Crippen molar-refractivity contribution in [2.75, 3.05) is 13.7 Å². The Morgan fingerprint density at radius 1 is 1.15 bits per heavy atom. The molecule has 212 valence electrons. The molecule has 0 aliphatic heterocycles. The molecule has 0 aliphatic carbocycles. The minimum atomic E-state index is -0.452. The summed E-state index contributed by atoms with van der Waals surface area (Å²) < 4.78 is 18.2. The van der Waals surface area contributed by atoms with Crippen molar-refractivity contribution < 1.29 is 19.0 Å². The van der Waals surface area contributed by atoms with Crippen molar-refractivity contribution in [3.8, 4) is 28.6 Å². The lowest BCUT2D eigenvalue weighted by Gasteiger charge is -2.17. The smallest absolute Gasteiger partial charge is 0.308 e. The number of aryl methyl sites for hydroxylation is 1. The second kappa shape index (κ2) is 12.6. The fourth-order valence-corrected chi connectivity index (χ4v) is 4.68. The van der Waals surface area contributed by atoms with Crippen molar-refractivity contribution in [1.82, 2.24) is 9.66 Å². The molecule has 0 N–H and O–H groups in total. The highest BCUT2D eigenvalue weighted by atomic mass is 16.6. The molecule has 0 saturated heterocycles. The number of para-hydroxylation sites is 1. The van der Waals surface area contributed by atoms with Crippen LogP contribution in [0.15, 0.2) is 71.1 Å². The Kier molecular flexibility index (Phi) is 9.02. The third-order valence-corrected chi connectivity index (χ3v) is 6.58. The average molecular weight is 554 g/mol. The van der Waals surface area contributed by atoms with Crippen LogP contribution in [0.1, 0.15) is 55.9 Å². The highest BCUT2D eigenvalue weighted by Gasteiger charge is 2.19. The van der Waals surface area contributed by atoms with Gasteiger partial charge in [-0.3, -0.25) is 9.59 Å². The summed E-state index contributed by atoms with van der Waals surface area (Å²) in [5, 5.41) is 5.10. The van der Waals surface area contributed by atoms with Crippen LogP contribution in [0, 0.1) is 6.92 Å². The number of allylic oxidation sites excluding steroid dienone is 1. The lowest BCUT2D eigenvalue weighted by molar-refractivity contribution is -0.132. The molecule has 4 rings (SSSR count). The number of hydrogen-bond donors (Lipinski definition) is 0. The number of esters is 1. The summed E-state index contributed by atoms with van der Waals surface area (Å²) in [7, 11) is 1.65. The standard InChI is InChI=1S/C33H35N3O5/c1-8-12-24-16-23(17-30(40-9-2)31(24)41-22(6)37)19-34-36-32(35-28-14-11-10-13-25(28)33(36)38)27-18-26(20(3)4)29(39-7)15-21(27)5/h8,10-11,13-20H,1,9,12H2,2-7H3. The van der Waals surface area contributed by atoms with Crippen molar-refractivity contribution in [3.05, 3.63) is 93.8 Å². The van der Waals surface area contributed by atoms with Crippen molar-refractivity contribution in [3.63, 3.8) is 0 Å². The first-order chi connectivity index (χ1) is 19.7. The van der Waals surface area contributed by atoms with Gasteiger partial charge in [-0.15, -0.1) is 6.58 Å². The predicted octanol–water partition coefficient (Wildman–Crippen LogP) is 6.44. The van der Waals surface area contributed by atoms with E-state index in [1.165, 1.54) is 11.6 Å². The van der Waals surface area contributed by atoms with Gasteiger partial charge in [0, 0.05) is 18.1 Å². The Labute approximate surface area is 239 Å². The number of aromatic nitrogens is 2. The topological polar surface area (TPSA) is 92.0 Å². The fourth-order valence-electron chi connectivity index (χ4n) is 4.68. The molecule has 0 unspecified atom stereocenters. The third kappa shape index (κ3) is 6.22. The highest BCUT2D eigenvalue weighted by molar-refractivity contribution is 5.84. The maximum atomic E-state index is 13.8. The number of carbonyl (C=O) groups excluding carboxylic acids is 1. The SMILES string of the molecule is C=CCc1cc(C=Nn2c(-c3cc(C(C)C)c(OC)cc3C)nc3ccccc3c2=O)cc(OCC)c1OC(C)=O. The van der Waals surface area contributed by atoms with Gasteiger partial charge in [-0.2, -0.15) is 9.78 Å². The molecule has 1 aromatic heterocycles. The normalized spacial score (nSPS) is 11.3. The molecule has 0 saturated carbocycles. The van der Waals surface area contributed by atoms with E-state index in [-0.39, 0.29) is 11.5 Å². The number of nitrogens with zero attached hydrogens (tertiary/aromatic N) is 3. The summed E-state index contributed by atoms with van der Waals surface area (Å²) in [5.74, 6) is 1.68. The summed E-state index contributed by atoms with van der Waals surface area (Å²) in [4.78, 5) is 30.5. The number of methoxy groups -OCH3 is 1. The molecule has 0 bridgehead atoms. The zero-order valence-electron chi connectivity index (χ0n) is 24.4. The zero-order valence-corrected chi connectivity index (χ0v) is 24.4. The van der Waals surface area contributed by atoms with Gasteiger partial charge in [-0.25, -0.2) is 4.98 Å². The van der Waals surface area contributed by atoms with Gasteiger partial charge in [0.2, 0.25) is 0 Å². The molecule has 0 amide bonds. The van der Waals surface area contributed by atoms with Crippen molar-refractivity contribution in [2.24, 2.45) is 5.10 Å². The van der Waals surface area contributed by atoms with Crippen LogP contribution in [0.5, 0.6) is 17.2 Å². The molecule has 8 nitrogen and oxygen atoms in total. The fraction of sp³-hybridized carbons (Fsp3) is 0.273. The van der Waals surface area contributed by atoms with Gasteiger partial charge in [-0.05, 0) is 79.3 Å². The van der Waals surface area contributed by atoms with Gasteiger partial charge in [0.15, 0.2) is 17.3 Å². The molecule has 0 radical (unpaired) electrons. The third-order valence-electron chi connectivity index (χ3n) is 6.58. The Morgan fingerprint density at radius 2 is 1.90 bits per heavy atom. The number of hydrogen-bond acceptors (Lipinski definition) is 7. The van der Waals surface area contributed by atoms with E-state index in [9.17, 15) is 9.59 Å². The molecule has 4 aromatic rings. The van der Waals surface area contributed by atoms with Crippen LogP contribution in [-0.2, 0) is 11.2 Å². The summed E-state index contributed by atoms with van der Waals surface area (Å²) in [6.45, 7) is 13.5. The molecule has 41 heavy (non-hydrogen) atoms. The minimum Gasteiger partial charge on any atom is -0.496 e. The summed E-state index contributed by atoms with van der Waals surface area (Å²) in [5.41, 5.74) is 4.33. The Morgan fingerprint density at radius 3 is 2.56 bits per heavy atom. The molecule has 0 fully saturated rings. The molecular formula is C33H35N3O5. The largest absolute Gasteiger partial charge is 0.496 e. The van der Waals surface area contributed by atoms with E-state index in [4.69, 9.17) is 19.2 Å². The Balaban J connectivity index is 1.96. The summed E-state index contributed by atoms with van der Waals surface area (Å²) in [6.07, 6.45) is 3.74. The summed E-state index contributed by atoms with van der Waals surface area (Å²) >= 11 is 0. The monoisotopic (exact) mass is 553 g/mol. The van der Waals surface area contributed by atoms with Crippen LogP contribution >= 0.6 is 0 Å². The van der Waals surface area contributed by atoms with Gasteiger partial charge in [0.1, 0.15) is 5.75 Å². The van der Waals surface area contributed by atoms with E-state index in [1.807, 2.05) is 44.2 Å². The number of ether oxygens (including phenoxy) is 3. The van der Waals surface area contributed by atoms with Crippen LogP contribution in [-0.4, -0.2) is 35.6 Å². The first-order valence-electron chi connectivity index (χ1n) is 13.5. The van der Waals surface area contributed by atoms with Crippen LogP contribution in [0.3, 0.4) is 0 Å². The van der Waals surface area contributed by atoms with Gasteiger partial charge in [-0.1, -0.05) is 32.1 Å². The van der Waals surface area contributed by atoms with Crippen LogP contribution in [0.4, 0.5) is 0 Å². The summed E-state index contributed by atoms with van der Waals surface area (Å²) in [6, 6.07) is 14.8. The molecule has 3 aromatic carbocycles. The minimum absolute atomic E-state index is 0.185. The first-order valence-corrected chi connectivity index (χ1v) is 13.5. The molecule has 1 heterocycles. The molecular weight excluding hydrogens is 518 g/mol. The van der Waals surface area contributed by atoms with E-state index in [0.29, 0.717) is 52.4 Å². The van der Waals surface area contributed by atoms with E-state index < -0.39 is 5.97 Å². The van der Waals surface area contributed by atoms with Gasteiger partial charge < -0.3 is 14.2 Å². The molecule has 0 aliphatic rings. The maximum absolute atomic E-state index is 13.8. The van der Waals surface area contributed by atoms with E-state index in [2.05, 4.69) is 25.5 Å². The second-order valence-electron chi connectivity index (χ2n) is 9.90.